The van der Waals surface area contributed by atoms with E-state index in [1.165, 1.54) is 12.3 Å². The van der Waals surface area contributed by atoms with Gasteiger partial charge in [-0.2, -0.15) is 5.26 Å². The number of hydrogen-bond donors (Lipinski definition) is 2. The molecule has 0 unspecified atom stereocenters. The molecule has 2 saturated heterocycles. The zero-order chi connectivity index (χ0) is 23.5. The lowest BCUT2D eigenvalue weighted by atomic mass is 10.1. The summed E-state index contributed by atoms with van der Waals surface area (Å²) in [5, 5.41) is 15.7. The predicted octanol–water partition coefficient (Wildman–Crippen LogP) is 1.66. The second kappa shape index (κ2) is 9.61. The fraction of sp³-hybridized carbons (Fsp3) is 0.435. The number of imidazole rings is 1. The van der Waals surface area contributed by atoms with Gasteiger partial charge in [-0.1, -0.05) is 0 Å². The van der Waals surface area contributed by atoms with E-state index in [-0.39, 0.29) is 24.2 Å². The highest BCUT2D eigenvalue weighted by Crippen LogP contribution is 2.25. The van der Waals surface area contributed by atoms with Gasteiger partial charge in [-0.05, 0) is 25.0 Å². The molecule has 5 heterocycles. The number of amides is 1. The maximum Gasteiger partial charge on any atom is 0.236 e. The fourth-order valence-corrected chi connectivity index (χ4v) is 4.51. The Labute approximate surface area is 196 Å². The summed E-state index contributed by atoms with van der Waals surface area (Å²) < 4.78 is 15.6. The molecule has 5 rings (SSSR count). The standard InChI is InChI=1S/C23H26FN9O/c24-16-3-4-20-27-13-18(33(20)14-16)23-29-19(12-21(30-23)31-10-7-26-8-11-31)28-17-2-1-9-32(15-17)22(34)5-6-25/h3-4,12-14,17,26H,1-2,5,7-11,15H2,(H,28,29,30)/t17-/m1/s1. The Bertz CT molecular complexity index is 1230. The number of piperazine rings is 1. The molecule has 11 heteroatoms. The molecular weight excluding hydrogens is 437 g/mol. The number of carbonyl (C=O) groups excluding carboxylic acids is 1. The Balaban J connectivity index is 1.47. The molecule has 0 radical (unpaired) electrons. The first kappa shape index (κ1) is 22.0. The number of nitrogens with zero attached hydrogens (tertiary/aromatic N) is 7. The van der Waals surface area contributed by atoms with Gasteiger partial charge in [-0.25, -0.2) is 19.3 Å². The number of anilines is 2. The van der Waals surface area contributed by atoms with Crippen LogP contribution < -0.4 is 15.5 Å². The number of nitrogens with one attached hydrogen (secondary N) is 2. The molecule has 2 N–H and O–H groups in total. The van der Waals surface area contributed by atoms with Crippen molar-refractivity contribution in [2.24, 2.45) is 0 Å². The minimum absolute atomic E-state index is 0.00893. The number of likely N-dealkylation sites (tertiary alicyclic amines) is 1. The van der Waals surface area contributed by atoms with Crippen molar-refractivity contribution in [1.82, 2.24) is 29.6 Å². The summed E-state index contributed by atoms with van der Waals surface area (Å²) in [5.74, 6) is 1.36. The van der Waals surface area contributed by atoms with Crippen LogP contribution in [0.5, 0.6) is 0 Å². The van der Waals surface area contributed by atoms with Gasteiger partial charge in [0.25, 0.3) is 0 Å². The van der Waals surface area contributed by atoms with Crippen molar-refractivity contribution in [3.05, 3.63) is 36.4 Å². The molecule has 0 aromatic carbocycles. The second-order valence-electron chi connectivity index (χ2n) is 8.55. The Morgan fingerprint density at radius 2 is 2.12 bits per heavy atom. The third-order valence-corrected chi connectivity index (χ3v) is 6.21. The van der Waals surface area contributed by atoms with Crippen LogP contribution in [0.4, 0.5) is 16.0 Å². The lowest BCUT2D eigenvalue weighted by Gasteiger charge is -2.33. The van der Waals surface area contributed by atoms with E-state index in [1.54, 1.807) is 21.6 Å². The highest BCUT2D eigenvalue weighted by atomic mass is 19.1. The Morgan fingerprint density at radius 3 is 2.94 bits per heavy atom. The van der Waals surface area contributed by atoms with Crippen LogP contribution in [0.15, 0.2) is 30.6 Å². The number of rotatable bonds is 5. The third-order valence-electron chi connectivity index (χ3n) is 6.21. The van der Waals surface area contributed by atoms with Gasteiger partial charge in [0.2, 0.25) is 5.91 Å². The first-order valence-electron chi connectivity index (χ1n) is 11.5. The van der Waals surface area contributed by atoms with Crippen molar-refractivity contribution >= 4 is 23.2 Å². The molecular formula is C23H26FN9O. The van der Waals surface area contributed by atoms with Crippen molar-refractivity contribution in [3.63, 3.8) is 0 Å². The monoisotopic (exact) mass is 463 g/mol. The van der Waals surface area contributed by atoms with Crippen LogP contribution >= 0.6 is 0 Å². The molecule has 0 spiro atoms. The van der Waals surface area contributed by atoms with Crippen LogP contribution in [0.25, 0.3) is 17.2 Å². The number of fused-ring (bicyclic) bond motifs is 1. The van der Waals surface area contributed by atoms with Crippen LogP contribution in [0.1, 0.15) is 19.3 Å². The van der Waals surface area contributed by atoms with E-state index in [1.807, 2.05) is 12.1 Å². The highest BCUT2D eigenvalue weighted by molar-refractivity contribution is 5.78. The largest absolute Gasteiger partial charge is 0.365 e. The van der Waals surface area contributed by atoms with E-state index in [9.17, 15) is 9.18 Å². The second-order valence-corrected chi connectivity index (χ2v) is 8.55. The Kier molecular flexibility index (Phi) is 6.22. The molecule has 3 aromatic rings. The summed E-state index contributed by atoms with van der Waals surface area (Å²) in [5.41, 5.74) is 1.21. The van der Waals surface area contributed by atoms with Crippen molar-refractivity contribution in [2.75, 3.05) is 49.5 Å². The molecule has 0 aliphatic carbocycles. The summed E-state index contributed by atoms with van der Waals surface area (Å²) in [6.45, 7) is 4.54. The average molecular weight is 464 g/mol. The van der Waals surface area contributed by atoms with Crippen LogP contribution in [-0.4, -0.2) is 75.5 Å². The van der Waals surface area contributed by atoms with E-state index in [4.69, 9.17) is 15.2 Å². The molecule has 10 nitrogen and oxygen atoms in total. The molecule has 2 fully saturated rings. The van der Waals surface area contributed by atoms with Gasteiger partial charge in [-0.15, -0.1) is 0 Å². The summed E-state index contributed by atoms with van der Waals surface area (Å²) in [7, 11) is 0. The van der Waals surface area contributed by atoms with E-state index >= 15 is 0 Å². The number of carbonyl (C=O) groups is 1. The Hall–Kier alpha value is -3.78. The highest BCUT2D eigenvalue weighted by Gasteiger charge is 2.25. The number of hydrogen-bond acceptors (Lipinski definition) is 8. The van der Waals surface area contributed by atoms with Gasteiger partial charge in [0.1, 0.15) is 35.2 Å². The minimum Gasteiger partial charge on any atom is -0.365 e. The molecule has 0 bridgehead atoms. The normalized spacial score (nSPS) is 18.6. The quantitative estimate of drug-likeness (QED) is 0.587. The fourth-order valence-electron chi connectivity index (χ4n) is 4.51. The molecule has 176 valence electrons. The number of pyridine rings is 1. The van der Waals surface area contributed by atoms with Gasteiger partial charge < -0.3 is 20.4 Å². The molecule has 0 saturated carbocycles. The zero-order valence-corrected chi connectivity index (χ0v) is 18.7. The summed E-state index contributed by atoms with van der Waals surface area (Å²) in [6, 6.07) is 6.86. The van der Waals surface area contributed by atoms with Crippen molar-refractivity contribution in [2.45, 2.75) is 25.3 Å². The zero-order valence-electron chi connectivity index (χ0n) is 18.7. The van der Waals surface area contributed by atoms with Crippen molar-refractivity contribution in [1.29, 1.82) is 5.26 Å². The molecule has 2 aliphatic heterocycles. The van der Waals surface area contributed by atoms with Crippen LogP contribution in [0.2, 0.25) is 0 Å². The van der Waals surface area contributed by atoms with Crippen LogP contribution in [0, 0.1) is 17.1 Å². The van der Waals surface area contributed by atoms with Crippen LogP contribution in [-0.2, 0) is 4.79 Å². The first-order valence-corrected chi connectivity index (χ1v) is 11.5. The molecule has 1 atom stereocenters. The van der Waals surface area contributed by atoms with E-state index in [0.29, 0.717) is 36.1 Å². The Morgan fingerprint density at radius 1 is 1.26 bits per heavy atom. The van der Waals surface area contributed by atoms with Gasteiger partial charge in [-0.3, -0.25) is 9.20 Å². The lowest BCUT2D eigenvalue weighted by Crippen LogP contribution is -2.45. The summed E-state index contributed by atoms with van der Waals surface area (Å²) >= 11 is 0. The number of aromatic nitrogens is 4. The number of halogens is 1. The van der Waals surface area contributed by atoms with Gasteiger partial charge in [0.05, 0.1) is 12.3 Å². The summed E-state index contributed by atoms with van der Waals surface area (Å²) in [4.78, 5) is 30.1. The number of nitriles is 1. The van der Waals surface area contributed by atoms with Gasteiger partial charge in [0, 0.05) is 57.6 Å². The smallest absolute Gasteiger partial charge is 0.236 e. The maximum absolute atomic E-state index is 14.0. The summed E-state index contributed by atoms with van der Waals surface area (Å²) in [6.07, 6.45) is 4.66. The van der Waals surface area contributed by atoms with E-state index in [2.05, 4.69) is 20.5 Å². The topological polar surface area (TPSA) is 114 Å². The van der Waals surface area contributed by atoms with E-state index in [0.717, 1.165) is 44.8 Å². The number of piperidine rings is 1. The van der Waals surface area contributed by atoms with Crippen LogP contribution in [0.3, 0.4) is 0 Å². The average Bonchev–Trinajstić information content (AvgIpc) is 3.28. The first-order chi connectivity index (χ1) is 16.6. The van der Waals surface area contributed by atoms with E-state index < -0.39 is 0 Å². The molecule has 34 heavy (non-hydrogen) atoms. The predicted molar refractivity (Wildman–Crippen MR) is 125 cm³/mol. The maximum atomic E-state index is 14.0. The van der Waals surface area contributed by atoms with Gasteiger partial charge >= 0.3 is 0 Å². The molecule has 1 amide bonds. The SMILES string of the molecule is N#CCC(=O)N1CCC[C@@H](Nc2cc(N3CCNCC3)nc(-c3cnc4ccc(F)cn34)n2)C1. The minimum atomic E-state index is -0.368. The molecule has 2 aliphatic rings. The van der Waals surface area contributed by atoms with Crippen molar-refractivity contribution < 1.29 is 9.18 Å². The molecule has 3 aromatic heterocycles. The van der Waals surface area contributed by atoms with Gasteiger partial charge in [0.15, 0.2) is 5.82 Å². The lowest BCUT2D eigenvalue weighted by molar-refractivity contribution is -0.131. The third kappa shape index (κ3) is 4.63. The van der Waals surface area contributed by atoms with Crippen molar-refractivity contribution in [3.8, 4) is 17.6 Å².